The third-order valence-corrected chi connectivity index (χ3v) is 3.94. The van der Waals surface area contributed by atoms with Gasteiger partial charge in [0.25, 0.3) is 5.91 Å². The third kappa shape index (κ3) is 2.12. The van der Waals surface area contributed by atoms with Crippen molar-refractivity contribution >= 4 is 12.0 Å². The normalized spacial score (nSPS) is 17.5. The van der Waals surface area contributed by atoms with Crippen LogP contribution in [0.25, 0.3) is 6.08 Å². The van der Waals surface area contributed by atoms with Crippen LogP contribution in [0.4, 0.5) is 0 Å². The van der Waals surface area contributed by atoms with Crippen molar-refractivity contribution < 1.29 is 14.3 Å². The van der Waals surface area contributed by atoms with Crippen molar-refractivity contribution in [2.75, 3.05) is 6.79 Å². The van der Waals surface area contributed by atoms with Crippen LogP contribution >= 0.6 is 0 Å². The summed E-state index contributed by atoms with van der Waals surface area (Å²) in [5, 5.41) is 9.60. The van der Waals surface area contributed by atoms with Crippen LogP contribution in [0.5, 0.6) is 11.5 Å². The number of fused-ring (bicyclic) bond motifs is 2. The van der Waals surface area contributed by atoms with Gasteiger partial charge < -0.3 is 9.47 Å². The molecule has 2 aromatic rings. The lowest BCUT2D eigenvalue weighted by atomic mass is 9.95. The van der Waals surface area contributed by atoms with Crippen LogP contribution in [-0.2, 0) is 0 Å². The first-order chi connectivity index (χ1) is 11.3. The first-order valence-electron chi connectivity index (χ1n) is 7.17. The lowest BCUT2D eigenvalue weighted by Crippen LogP contribution is -2.31. The first kappa shape index (κ1) is 13.4. The average molecular weight is 304 g/mol. The van der Waals surface area contributed by atoms with Gasteiger partial charge in [0.2, 0.25) is 6.79 Å². The van der Waals surface area contributed by atoms with Crippen LogP contribution in [-0.4, -0.2) is 17.6 Å². The number of rotatable bonds is 1. The fourth-order valence-corrected chi connectivity index (χ4v) is 2.80. The van der Waals surface area contributed by atoms with Gasteiger partial charge in [0.1, 0.15) is 6.04 Å². The molecule has 0 fully saturated rings. The van der Waals surface area contributed by atoms with Gasteiger partial charge in [-0.3, -0.25) is 9.69 Å². The second kappa shape index (κ2) is 5.18. The molecule has 2 heterocycles. The summed E-state index contributed by atoms with van der Waals surface area (Å²) in [6.07, 6.45) is 3.46. The van der Waals surface area contributed by atoms with Crippen molar-refractivity contribution in [1.29, 1.82) is 5.26 Å². The Morgan fingerprint density at radius 1 is 1.17 bits per heavy atom. The summed E-state index contributed by atoms with van der Waals surface area (Å²) in [5.41, 5.74) is 2.14. The highest BCUT2D eigenvalue weighted by Gasteiger charge is 2.31. The second-order valence-electron chi connectivity index (χ2n) is 5.26. The Balaban J connectivity index is 1.75. The molecule has 0 saturated heterocycles. The maximum Gasteiger partial charge on any atom is 0.259 e. The molecular formula is C18H12N2O3. The van der Waals surface area contributed by atoms with E-state index >= 15 is 0 Å². The summed E-state index contributed by atoms with van der Waals surface area (Å²) in [7, 11) is 0. The number of nitriles is 1. The van der Waals surface area contributed by atoms with E-state index in [0.29, 0.717) is 17.1 Å². The standard InChI is InChI=1S/C18H12N2O3/c19-10-15-14-9-17-16(22-11-23-17)8-13(14)6-7-20(15)18(21)12-4-2-1-3-5-12/h1-9,15H,11H2. The number of carbonyl (C=O) groups is 1. The lowest BCUT2D eigenvalue weighted by molar-refractivity contribution is 0.0794. The van der Waals surface area contributed by atoms with Crippen molar-refractivity contribution in [2.45, 2.75) is 6.04 Å². The van der Waals surface area contributed by atoms with E-state index in [9.17, 15) is 10.1 Å². The summed E-state index contributed by atoms with van der Waals surface area (Å²) in [4.78, 5) is 14.1. The monoisotopic (exact) mass is 304 g/mol. The van der Waals surface area contributed by atoms with Gasteiger partial charge in [-0.15, -0.1) is 0 Å². The van der Waals surface area contributed by atoms with Gasteiger partial charge in [-0.05, 0) is 35.9 Å². The molecule has 0 saturated carbocycles. The number of ether oxygens (including phenoxy) is 2. The summed E-state index contributed by atoms with van der Waals surface area (Å²) < 4.78 is 10.7. The van der Waals surface area contributed by atoms with Crippen molar-refractivity contribution in [3.63, 3.8) is 0 Å². The van der Waals surface area contributed by atoms with E-state index in [4.69, 9.17) is 9.47 Å². The Labute approximate surface area is 133 Å². The SMILES string of the molecule is N#CC1c2cc3c(cc2C=CN1C(=O)c1ccccc1)OCO3. The molecule has 1 unspecified atom stereocenters. The van der Waals surface area contributed by atoms with Crippen LogP contribution in [0.3, 0.4) is 0 Å². The van der Waals surface area contributed by atoms with E-state index in [2.05, 4.69) is 6.07 Å². The highest BCUT2D eigenvalue weighted by molar-refractivity contribution is 5.96. The second-order valence-corrected chi connectivity index (χ2v) is 5.26. The van der Waals surface area contributed by atoms with Gasteiger partial charge in [0.15, 0.2) is 11.5 Å². The number of amides is 1. The quantitative estimate of drug-likeness (QED) is 0.812. The zero-order valence-electron chi connectivity index (χ0n) is 12.1. The minimum Gasteiger partial charge on any atom is -0.454 e. The van der Waals surface area contributed by atoms with E-state index in [1.807, 2.05) is 18.2 Å². The number of benzene rings is 2. The van der Waals surface area contributed by atoms with E-state index in [-0.39, 0.29) is 12.7 Å². The lowest BCUT2D eigenvalue weighted by Gasteiger charge is -2.28. The minimum atomic E-state index is -0.697. The zero-order chi connectivity index (χ0) is 15.8. The minimum absolute atomic E-state index is 0.172. The molecule has 0 radical (unpaired) electrons. The Hall–Kier alpha value is -3.26. The molecule has 5 nitrogen and oxygen atoms in total. The molecule has 0 aliphatic carbocycles. The maximum atomic E-state index is 12.7. The van der Waals surface area contributed by atoms with E-state index in [0.717, 1.165) is 11.1 Å². The number of hydrogen-bond donors (Lipinski definition) is 0. The number of carbonyl (C=O) groups excluding carboxylic acids is 1. The highest BCUT2D eigenvalue weighted by atomic mass is 16.7. The summed E-state index contributed by atoms with van der Waals surface area (Å²) in [6, 6.07) is 14.0. The Morgan fingerprint density at radius 2 is 1.91 bits per heavy atom. The molecule has 2 aromatic carbocycles. The molecule has 0 aromatic heterocycles. The van der Waals surface area contributed by atoms with Crippen molar-refractivity contribution in [3.05, 3.63) is 65.4 Å². The first-order valence-corrected chi connectivity index (χ1v) is 7.17. The smallest absolute Gasteiger partial charge is 0.259 e. The fraction of sp³-hybridized carbons (Fsp3) is 0.111. The molecule has 2 aliphatic heterocycles. The van der Waals surface area contributed by atoms with Crippen molar-refractivity contribution in [3.8, 4) is 17.6 Å². The van der Waals surface area contributed by atoms with E-state index < -0.39 is 6.04 Å². The van der Waals surface area contributed by atoms with Gasteiger partial charge >= 0.3 is 0 Å². The number of nitrogens with zero attached hydrogens (tertiary/aromatic N) is 2. The maximum absolute atomic E-state index is 12.7. The molecule has 2 aliphatic rings. The van der Waals surface area contributed by atoms with Crippen LogP contribution in [0.2, 0.25) is 0 Å². The van der Waals surface area contributed by atoms with Gasteiger partial charge in [0.05, 0.1) is 6.07 Å². The molecule has 0 spiro atoms. The Kier molecular flexibility index (Phi) is 3.02. The van der Waals surface area contributed by atoms with Gasteiger partial charge in [-0.1, -0.05) is 18.2 Å². The van der Waals surface area contributed by atoms with Crippen LogP contribution in [0, 0.1) is 11.3 Å². The van der Waals surface area contributed by atoms with Gasteiger partial charge in [0, 0.05) is 17.3 Å². The molecule has 0 N–H and O–H groups in total. The van der Waals surface area contributed by atoms with Crippen LogP contribution in [0.1, 0.15) is 27.5 Å². The topological polar surface area (TPSA) is 62.6 Å². The molecule has 5 heteroatoms. The summed E-state index contributed by atoms with van der Waals surface area (Å²) in [5.74, 6) is 1.05. The largest absolute Gasteiger partial charge is 0.454 e. The van der Waals surface area contributed by atoms with E-state index in [1.54, 1.807) is 36.5 Å². The third-order valence-electron chi connectivity index (χ3n) is 3.94. The predicted molar refractivity (Wildman–Crippen MR) is 82.6 cm³/mol. The zero-order valence-corrected chi connectivity index (χ0v) is 12.1. The molecular weight excluding hydrogens is 292 g/mol. The van der Waals surface area contributed by atoms with Gasteiger partial charge in [-0.2, -0.15) is 5.26 Å². The van der Waals surface area contributed by atoms with Crippen LogP contribution < -0.4 is 9.47 Å². The van der Waals surface area contributed by atoms with Crippen molar-refractivity contribution in [2.24, 2.45) is 0 Å². The van der Waals surface area contributed by atoms with Crippen molar-refractivity contribution in [1.82, 2.24) is 4.90 Å². The van der Waals surface area contributed by atoms with E-state index in [1.165, 1.54) is 4.90 Å². The summed E-state index contributed by atoms with van der Waals surface area (Å²) in [6.45, 7) is 0.172. The predicted octanol–water partition coefficient (Wildman–Crippen LogP) is 3.11. The number of hydrogen-bond acceptors (Lipinski definition) is 4. The molecule has 1 amide bonds. The Bertz CT molecular complexity index is 853. The summed E-state index contributed by atoms with van der Waals surface area (Å²) >= 11 is 0. The molecule has 23 heavy (non-hydrogen) atoms. The molecule has 1 atom stereocenters. The van der Waals surface area contributed by atoms with Crippen LogP contribution in [0.15, 0.2) is 48.7 Å². The molecule has 112 valence electrons. The molecule has 4 rings (SSSR count). The average Bonchev–Trinajstić information content (AvgIpc) is 3.06. The van der Waals surface area contributed by atoms with Gasteiger partial charge in [-0.25, -0.2) is 0 Å². The highest BCUT2D eigenvalue weighted by Crippen LogP contribution is 2.40. The fourth-order valence-electron chi connectivity index (χ4n) is 2.80. The Morgan fingerprint density at radius 3 is 2.65 bits per heavy atom. The molecule has 0 bridgehead atoms.